The molecule has 0 aromatic heterocycles. The lowest BCUT2D eigenvalue weighted by molar-refractivity contribution is 0.0941. The van der Waals surface area contributed by atoms with Gasteiger partial charge in [0, 0.05) is 6.54 Å². The van der Waals surface area contributed by atoms with E-state index in [1.54, 1.807) is 0 Å². The summed E-state index contributed by atoms with van der Waals surface area (Å²) in [5.74, 6) is -12.1. The Hall–Kier alpha value is -1.66. The van der Waals surface area contributed by atoms with Crippen LogP contribution in [0.3, 0.4) is 0 Å². The highest BCUT2D eigenvalue weighted by Gasteiger charge is 2.29. The topological polar surface area (TPSA) is 29.1 Å². The molecular formula is C15H18F5NO. The Morgan fingerprint density at radius 1 is 0.773 bits per heavy atom. The van der Waals surface area contributed by atoms with Crippen LogP contribution >= 0.6 is 0 Å². The molecule has 1 N–H and O–H groups in total. The third-order valence-electron chi connectivity index (χ3n) is 3.25. The molecule has 7 heteroatoms. The molecular weight excluding hydrogens is 305 g/mol. The summed E-state index contributed by atoms with van der Waals surface area (Å²) in [4.78, 5) is 11.6. The van der Waals surface area contributed by atoms with Crippen LogP contribution < -0.4 is 5.32 Å². The monoisotopic (exact) mass is 323 g/mol. The van der Waals surface area contributed by atoms with Crippen LogP contribution in [0.2, 0.25) is 0 Å². The predicted octanol–water partition coefficient (Wildman–Crippen LogP) is 4.47. The SMILES string of the molecule is CCCCCCCCNC(=O)c1c(F)c(F)c(F)c(F)c1F. The summed E-state index contributed by atoms with van der Waals surface area (Å²) in [5, 5.41) is 2.17. The second kappa shape index (κ2) is 8.70. The van der Waals surface area contributed by atoms with E-state index in [1.165, 1.54) is 0 Å². The van der Waals surface area contributed by atoms with Crippen molar-refractivity contribution in [1.29, 1.82) is 0 Å². The first-order valence-electron chi connectivity index (χ1n) is 7.21. The number of carbonyl (C=O) groups is 1. The molecule has 124 valence electrons. The molecule has 1 aromatic rings. The van der Waals surface area contributed by atoms with Gasteiger partial charge in [0.25, 0.3) is 5.91 Å². The highest BCUT2D eigenvalue weighted by atomic mass is 19.2. The fraction of sp³-hybridized carbons (Fsp3) is 0.533. The average molecular weight is 323 g/mol. The van der Waals surface area contributed by atoms with E-state index in [-0.39, 0.29) is 6.54 Å². The lowest BCUT2D eigenvalue weighted by Crippen LogP contribution is -2.28. The first-order chi connectivity index (χ1) is 10.4. The third-order valence-corrected chi connectivity index (χ3v) is 3.25. The van der Waals surface area contributed by atoms with Gasteiger partial charge in [-0.1, -0.05) is 39.0 Å². The van der Waals surface area contributed by atoms with Crippen molar-refractivity contribution < 1.29 is 26.7 Å². The maximum atomic E-state index is 13.4. The normalized spacial score (nSPS) is 10.8. The van der Waals surface area contributed by atoms with E-state index >= 15 is 0 Å². The van der Waals surface area contributed by atoms with E-state index in [0.717, 1.165) is 32.1 Å². The minimum Gasteiger partial charge on any atom is -0.352 e. The molecule has 22 heavy (non-hydrogen) atoms. The zero-order valence-electron chi connectivity index (χ0n) is 12.2. The van der Waals surface area contributed by atoms with Gasteiger partial charge in [-0.15, -0.1) is 0 Å². The summed E-state index contributed by atoms with van der Waals surface area (Å²) in [6, 6.07) is 0. The molecule has 0 unspecified atom stereocenters. The van der Waals surface area contributed by atoms with Crippen molar-refractivity contribution in [2.24, 2.45) is 0 Å². The average Bonchev–Trinajstić information content (AvgIpc) is 2.50. The van der Waals surface area contributed by atoms with Crippen LogP contribution in [-0.4, -0.2) is 12.5 Å². The summed E-state index contributed by atoms with van der Waals surface area (Å²) >= 11 is 0. The van der Waals surface area contributed by atoms with E-state index < -0.39 is 40.6 Å². The second-order valence-corrected chi connectivity index (χ2v) is 4.97. The van der Waals surface area contributed by atoms with Crippen LogP contribution in [0.1, 0.15) is 55.8 Å². The van der Waals surface area contributed by atoms with Gasteiger partial charge in [-0.25, -0.2) is 22.0 Å². The molecule has 0 saturated carbocycles. The Balaban J connectivity index is 2.60. The molecule has 0 aliphatic carbocycles. The first kappa shape index (κ1) is 18.4. The van der Waals surface area contributed by atoms with Crippen molar-refractivity contribution in [3.8, 4) is 0 Å². The Kier molecular flexibility index (Phi) is 7.27. The predicted molar refractivity (Wildman–Crippen MR) is 71.9 cm³/mol. The van der Waals surface area contributed by atoms with E-state index in [2.05, 4.69) is 12.2 Å². The Morgan fingerprint density at radius 3 is 1.77 bits per heavy atom. The molecule has 1 amide bonds. The molecule has 0 heterocycles. The van der Waals surface area contributed by atoms with Crippen LogP contribution in [0.15, 0.2) is 0 Å². The molecule has 1 aromatic carbocycles. The fourth-order valence-electron chi connectivity index (χ4n) is 2.00. The number of unbranched alkanes of at least 4 members (excludes halogenated alkanes) is 5. The minimum absolute atomic E-state index is 0.116. The molecule has 0 saturated heterocycles. The van der Waals surface area contributed by atoms with Gasteiger partial charge in [-0.2, -0.15) is 0 Å². The molecule has 0 aliphatic rings. The zero-order chi connectivity index (χ0) is 16.7. The number of rotatable bonds is 8. The van der Waals surface area contributed by atoms with Crippen molar-refractivity contribution in [2.45, 2.75) is 45.4 Å². The molecule has 0 atom stereocenters. The van der Waals surface area contributed by atoms with Crippen LogP contribution in [-0.2, 0) is 0 Å². The van der Waals surface area contributed by atoms with Gasteiger partial charge < -0.3 is 5.32 Å². The van der Waals surface area contributed by atoms with E-state index in [0.29, 0.717) is 6.42 Å². The van der Waals surface area contributed by atoms with Crippen LogP contribution in [0, 0.1) is 29.1 Å². The Bertz CT molecular complexity index is 504. The van der Waals surface area contributed by atoms with Crippen molar-refractivity contribution in [3.05, 3.63) is 34.6 Å². The molecule has 2 nitrogen and oxygen atoms in total. The zero-order valence-corrected chi connectivity index (χ0v) is 12.2. The highest BCUT2D eigenvalue weighted by Crippen LogP contribution is 2.22. The third kappa shape index (κ3) is 4.42. The number of carbonyl (C=O) groups excluding carboxylic acids is 1. The standard InChI is InChI=1S/C15H18F5NO/c1-2-3-4-5-6-7-8-21-15(22)9-10(16)12(18)14(20)13(19)11(9)17/h2-8H2,1H3,(H,21,22). The second-order valence-electron chi connectivity index (χ2n) is 4.97. The van der Waals surface area contributed by atoms with Gasteiger partial charge in [0.2, 0.25) is 5.82 Å². The van der Waals surface area contributed by atoms with Crippen molar-refractivity contribution in [2.75, 3.05) is 6.54 Å². The fourth-order valence-corrected chi connectivity index (χ4v) is 2.00. The Labute approximate surface area is 125 Å². The molecule has 0 bridgehead atoms. The van der Waals surface area contributed by atoms with E-state index in [4.69, 9.17) is 0 Å². The largest absolute Gasteiger partial charge is 0.352 e. The first-order valence-corrected chi connectivity index (χ1v) is 7.21. The number of nitrogens with one attached hydrogen (secondary N) is 1. The highest BCUT2D eigenvalue weighted by molar-refractivity contribution is 5.94. The number of halogens is 5. The summed E-state index contributed by atoms with van der Waals surface area (Å²) < 4.78 is 65.6. The maximum absolute atomic E-state index is 13.4. The minimum atomic E-state index is -2.28. The summed E-state index contributed by atoms with van der Waals surface area (Å²) in [5.41, 5.74) is -1.44. The number of benzene rings is 1. The molecule has 0 aliphatic heterocycles. The van der Waals surface area contributed by atoms with Gasteiger partial charge in [0.1, 0.15) is 5.56 Å². The van der Waals surface area contributed by atoms with Gasteiger partial charge in [0.05, 0.1) is 0 Å². The smallest absolute Gasteiger partial charge is 0.257 e. The molecule has 0 radical (unpaired) electrons. The molecule has 1 rings (SSSR count). The summed E-state index contributed by atoms with van der Waals surface area (Å²) in [6.45, 7) is 2.19. The lowest BCUT2D eigenvalue weighted by atomic mass is 10.1. The number of amides is 1. The van der Waals surface area contributed by atoms with Crippen molar-refractivity contribution in [3.63, 3.8) is 0 Å². The van der Waals surface area contributed by atoms with Crippen molar-refractivity contribution >= 4 is 5.91 Å². The van der Waals surface area contributed by atoms with Gasteiger partial charge in [-0.3, -0.25) is 4.79 Å². The number of hydrogen-bond acceptors (Lipinski definition) is 1. The lowest BCUT2D eigenvalue weighted by Gasteiger charge is -2.09. The van der Waals surface area contributed by atoms with Crippen LogP contribution in [0.5, 0.6) is 0 Å². The number of hydrogen-bond donors (Lipinski definition) is 1. The van der Waals surface area contributed by atoms with Gasteiger partial charge >= 0.3 is 0 Å². The van der Waals surface area contributed by atoms with Gasteiger partial charge in [0.15, 0.2) is 23.3 Å². The quantitative estimate of drug-likeness (QED) is 0.325. The molecule has 0 fully saturated rings. The van der Waals surface area contributed by atoms with E-state index in [1.807, 2.05) is 0 Å². The van der Waals surface area contributed by atoms with Crippen LogP contribution in [0.25, 0.3) is 0 Å². The summed E-state index contributed by atoms with van der Waals surface area (Å²) in [7, 11) is 0. The molecule has 0 spiro atoms. The van der Waals surface area contributed by atoms with Gasteiger partial charge in [-0.05, 0) is 6.42 Å². The Morgan fingerprint density at radius 2 is 1.23 bits per heavy atom. The van der Waals surface area contributed by atoms with Crippen LogP contribution in [0.4, 0.5) is 22.0 Å². The van der Waals surface area contributed by atoms with E-state index in [9.17, 15) is 26.7 Å². The summed E-state index contributed by atoms with van der Waals surface area (Å²) in [6.07, 6.45) is 5.62. The maximum Gasteiger partial charge on any atom is 0.257 e. The van der Waals surface area contributed by atoms with Crippen molar-refractivity contribution in [1.82, 2.24) is 5.32 Å².